The third-order valence-electron chi connectivity index (χ3n) is 4.02. The van der Waals surface area contributed by atoms with Crippen LogP contribution in [0.15, 0.2) is 57.7 Å². The lowest BCUT2D eigenvalue weighted by atomic mass is 10.1. The Kier molecular flexibility index (Phi) is 3.93. The number of hydrogen-bond acceptors (Lipinski definition) is 5. The van der Waals surface area contributed by atoms with Crippen LogP contribution in [0.1, 0.15) is 5.56 Å². The van der Waals surface area contributed by atoms with Crippen molar-refractivity contribution in [1.29, 1.82) is 0 Å². The highest BCUT2D eigenvalue weighted by molar-refractivity contribution is 9.10. The third-order valence-corrected chi connectivity index (χ3v) is 4.59. The quantitative estimate of drug-likeness (QED) is 0.559. The third kappa shape index (κ3) is 2.87. The highest BCUT2D eigenvalue weighted by Gasteiger charge is 2.15. The van der Waals surface area contributed by atoms with Gasteiger partial charge in [-0.3, -0.25) is 4.68 Å². The highest BCUT2D eigenvalue weighted by atomic mass is 79.9. The fraction of sp³-hybridized carbons (Fsp3) is 0.111. The Bertz CT molecular complexity index is 1020. The Balaban J connectivity index is 1.73. The minimum Gasteiger partial charge on any atom is -0.497 e. The Hall–Kier alpha value is -2.80. The van der Waals surface area contributed by atoms with Crippen molar-refractivity contribution in [3.63, 3.8) is 0 Å². The van der Waals surface area contributed by atoms with Crippen LogP contribution in [0.25, 0.3) is 22.4 Å². The van der Waals surface area contributed by atoms with E-state index in [1.54, 1.807) is 7.11 Å². The zero-order chi connectivity index (χ0) is 17.4. The predicted molar refractivity (Wildman–Crippen MR) is 99.4 cm³/mol. The van der Waals surface area contributed by atoms with Crippen molar-refractivity contribution in [2.75, 3.05) is 12.8 Å². The normalized spacial score (nSPS) is 11.1. The molecule has 4 rings (SSSR count). The Morgan fingerprint density at radius 1 is 1.20 bits per heavy atom. The standard InChI is InChI=1S/C18H15BrN4O2/c1-24-12-7-5-11(6-8-12)10-23-15-4-2-3-13(14(15)9-21-23)18-22-17(20)16(19)25-18/h2-9H,10,20H2,1H3. The number of fused-ring (bicyclic) bond motifs is 1. The lowest BCUT2D eigenvalue weighted by Gasteiger charge is -2.06. The number of ether oxygens (including phenoxy) is 1. The second-order valence-corrected chi connectivity index (χ2v) is 6.29. The number of nitrogens with zero attached hydrogens (tertiary/aromatic N) is 3. The summed E-state index contributed by atoms with van der Waals surface area (Å²) < 4.78 is 13.2. The first-order valence-electron chi connectivity index (χ1n) is 7.65. The number of hydrogen-bond donors (Lipinski definition) is 1. The summed E-state index contributed by atoms with van der Waals surface area (Å²) in [5.74, 6) is 1.64. The molecule has 0 saturated heterocycles. The van der Waals surface area contributed by atoms with Gasteiger partial charge in [-0.05, 0) is 45.8 Å². The average molecular weight is 399 g/mol. The number of oxazole rings is 1. The predicted octanol–water partition coefficient (Wildman–Crippen LogP) is 4.09. The van der Waals surface area contributed by atoms with E-state index >= 15 is 0 Å². The van der Waals surface area contributed by atoms with Gasteiger partial charge >= 0.3 is 0 Å². The summed E-state index contributed by atoms with van der Waals surface area (Å²) >= 11 is 3.25. The number of benzene rings is 2. The molecular formula is C18H15BrN4O2. The maximum atomic E-state index is 5.77. The van der Waals surface area contributed by atoms with Gasteiger partial charge in [-0.15, -0.1) is 0 Å². The van der Waals surface area contributed by atoms with Gasteiger partial charge in [-0.1, -0.05) is 18.2 Å². The number of aromatic nitrogens is 3. The monoisotopic (exact) mass is 398 g/mol. The molecule has 0 amide bonds. The van der Waals surface area contributed by atoms with Crippen molar-refractivity contribution < 1.29 is 9.15 Å². The molecule has 0 bridgehead atoms. The molecular weight excluding hydrogens is 384 g/mol. The minimum atomic E-state index is 0.331. The van der Waals surface area contributed by atoms with Crippen molar-refractivity contribution in [3.8, 4) is 17.2 Å². The van der Waals surface area contributed by atoms with Crippen LogP contribution in [0.4, 0.5) is 5.82 Å². The number of anilines is 1. The fourth-order valence-corrected chi connectivity index (χ4v) is 2.99. The summed E-state index contributed by atoms with van der Waals surface area (Å²) in [4.78, 5) is 4.26. The molecule has 2 aromatic heterocycles. The number of halogens is 1. The lowest BCUT2D eigenvalue weighted by molar-refractivity contribution is 0.414. The van der Waals surface area contributed by atoms with Crippen molar-refractivity contribution in [2.45, 2.75) is 6.54 Å². The van der Waals surface area contributed by atoms with E-state index in [9.17, 15) is 0 Å². The van der Waals surface area contributed by atoms with E-state index in [1.165, 1.54) is 0 Å². The van der Waals surface area contributed by atoms with Crippen LogP contribution in [-0.4, -0.2) is 21.9 Å². The molecule has 126 valence electrons. The van der Waals surface area contributed by atoms with Gasteiger partial charge < -0.3 is 14.9 Å². The van der Waals surface area contributed by atoms with Crippen molar-refractivity contribution in [1.82, 2.24) is 14.8 Å². The summed E-state index contributed by atoms with van der Waals surface area (Å²) in [7, 11) is 1.66. The molecule has 0 atom stereocenters. The van der Waals surface area contributed by atoms with Gasteiger partial charge in [0.1, 0.15) is 5.75 Å². The molecule has 0 unspecified atom stereocenters. The maximum Gasteiger partial charge on any atom is 0.230 e. The van der Waals surface area contributed by atoms with Crippen LogP contribution in [-0.2, 0) is 6.54 Å². The average Bonchev–Trinajstić information content (AvgIpc) is 3.19. The van der Waals surface area contributed by atoms with E-state index in [-0.39, 0.29) is 0 Å². The van der Waals surface area contributed by atoms with Gasteiger partial charge in [0.05, 0.1) is 25.4 Å². The second-order valence-electron chi connectivity index (χ2n) is 5.57. The Morgan fingerprint density at radius 2 is 2.00 bits per heavy atom. The lowest BCUT2D eigenvalue weighted by Crippen LogP contribution is -2.01. The zero-order valence-corrected chi connectivity index (χ0v) is 15.0. The van der Waals surface area contributed by atoms with Crippen LogP contribution in [0.3, 0.4) is 0 Å². The molecule has 6 nitrogen and oxygen atoms in total. The summed E-state index contributed by atoms with van der Waals surface area (Å²) in [6, 6.07) is 13.9. The molecule has 4 aromatic rings. The molecule has 2 N–H and O–H groups in total. The topological polar surface area (TPSA) is 79.1 Å². The first-order valence-corrected chi connectivity index (χ1v) is 8.44. The SMILES string of the molecule is COc1ccc(Cn2ncc3c(-c4nc(N)c(Br)o4)cccc32)cc1. The molecule has 0 aliphatic heterocycles. The molecule has 0 fully saturated rings. The molecule has 0 aliphatic rings. The zero-order valence-electron chi connectivity index (χ0n) is 13.4. The van der Waals surface area contributed by atoms with E-state index < -0.39 is 0 Å². The van der Waals surface area contributed by atoms with Crippen LogP contribution < -0.4 is 10.5 Å². The van der Waals surface area contributed by atoms with Crippen molar-refractivity contribution in [2.24, 2.45) is 0 Å². The summed E-state index contributed by atoms with van der Waals surface area (Å²) in [5, 5.41) is 5.48. The van der Waals surface area contributed by atoms with Gasteiger partial charge in [-0.25, -0.2) is 0 Å². The van der Waals surface area contributed by atoms with E-state index in [0.29, 0.717) is 22.9 Å². The van der Waals surface area contributed by atoms with E-state index in [0.717, 1.165) is 27.8 Å². The first kappa shape index (κ1) is 15.7. The number of nitrogens with two attached hydrogens (primary N) is 1. The van der Waals surface area contributed by atoms with Crippen LogP contribution >= 0.6 is 15.9 Å². The molecule has 0 spiro atoms. The molecule has 25 heavy (non-hydrogen) atoms. The summed E-state index contributed by atoms with van der Waals surface area (Å²) in [6.45, 7) is 0.661. The van der Waals surface area contributed by atoms with E-state index in [1.807, 2.05) is 53.3 Å². The van der Waals surface area contributed by atoms with Gasteiger partial charge in [0.15, 0.2) is 5.82 Å². The first-order chi connectivity index (χ1) is 12.2. The van der Waals surface area contributed by atoms with Gasteiger partial charge in [0.2, 0.25) is 10.6 Å². The van der Waals surface area contributed by atoms with E-state index in [2.05, 4.69) is 26.0 Å². The van der Waals surface area contributed by atoms with Crippen molar-refractivity contribution >= 4 is 32.7 Å². The number of nitrogen functional groups attached to an aromatic ring is 1. The molecule has 0 saturated carbocycles. The molecule has 7 heteroatoms. The van der Waals surface area contributed by atoms with Gasteiger partial charge in [0.25, 0.3) is 0 Å². The molecule has 0 aliphatic carbocycles. The highest BCUT2D eigenvalue weighted by Crippen LogP contribution is 2.32. The maximum absolute atomic E-state index is 5.77. The van der Waals surface area contributed by atoms with Crippen LogP contribution in [0.5, 0.6) is 5.75 Å². The van der Waals surface area contributed by atoms with Crippen LogP contribution in [0, 0.1) is 0 Å². The largest absolute Gasteiger partial charge is 0.497 e. The smallest absolute Gasteiger partial charge is 0.230 e. The fourth-order valence-electron chi connectivity index (χ4n) is 2.75. The second kappa shape index (κ2) is 6.25. The van der Waals surface area contributed by atoms with Gasteiger partial charge in [-0.2, -0.15) is 10.1 Å². The van der Waals surface area contributed by atoms with Gasteiger partial charge in [0, 0.05) is 10.9 Å². The summed E-state index contributed by atoms with van der Waals surface area (Å²) in [5.41, 5.74) is 8.77. The molecule has 0 radical (unpaired) electrons. The number of methoxy groups -OCH3 is 1. The van der Waals surface area contributed by atoms with Crippen LogP contribution in [0.2, 0.25) is 0 Å². The molecule has 2 aromatic carbocycles. The number of rotatable bonds is 4. The Morgan fingerprint density at radius 3 is 2.68 bits per heavy atom. The molecule has 2 heterocycles. The van der Waals surface area contributed by atoms with Crippen molar-refractivity contribution in [3.05, 3.63) is 58.9 Å². The Labute approximate surface area is 152 Å². The summed E-state index contributed by atoms with van der Waals surface area (Å²) in [6.07, 6.45) is 1.82. The minimum absolute atomic E-state index is 0.331. The van der Waals surface area contributed by atoms with E-state index in [4.69, 9.17) is 14.9 Å².